The molecule has 7 nitrogen and oxygen atoms in total. The van der Waals surface area contributed by atoms with Crippen molar-refractivity contribution >= 4 is 17.5 Å². The van der Waals surface area contributed by atoms with Crippen LogP contribution in [0.4, 0.5) is 27.6 Å². The first kappa shape index (κ1) is 22.9. The zero-order chi connectivity index (χ0) is 25.6. The second-order valence-electron chi connectivity index (χ2n) is 7.64. The highest BCUT2D eigenvalue weighted by atomic mass is 19.4. The number of hydrogen-bond donors (Lipinski definition) is 2. The topological polar surface area (TPSA) is 104 Å². The molecule has 1 aliphatic heterocycles. The lowest BCUT2D eigenvalue weighted by atomic mass is 9.77. The number of nitrogens with two attached hydrogens (primary N) is 1. The molecule has 0 bridgehead atoms. The molecule has 3 rings (SSSR count). The van der Waals surface area contributed by atoms with Crippen molar-refractivity contribution in [2.75, 3.05) is 12.4 Å². The van der Waals surface area contributed by atoms with E-state index in [1.54, 1.807) is 0 Å². The SMILES string of the molecule is [2H]c1cnc(C(N)=O)cc1NC(=O)[C@H]1O[C@](C)(C(F)(F)F)[C@@H](C)[C@@H]1c1ccc(F)c(F)c1OC. The predicted octanol–water partition coefficient (Wildman–Crippen LogP) is 3.55. The number of alkyl halides is 3. The molecule has 1 aromatic heterocycles. The van der Waals surface area contributed by atoms with Crippen LogP contribution in [-0.2, 0) is 9.53 Å². The molecular formula is C21H20F5N3O4. The van der Waals surface area contributed by atoms with Crippen LogP contribution >= 0.6 is 0 Å². The Labute approximate surface area is 186 Å². The molecular weight excluding hydrogens is 453 g/mol. The number of pyridine rings is 1. The van der Waals surface area contributed by atoms with Crippen LogP contribution in [-0.4, -0.2) is 41.8 Å². The van der Waals surface area contributed by atoms with Crippen molar-refractivity contribution < 1.29 is 42.4 Å². The van der Waals surface area contributed by atoms with E-state index in [0.29, 0.717) is 6.07 Å². The molecule has 0 unspecified atom stereocenters. The van der Waals surface area contributed by atoms with Crippen molar-refractivity contribution in [3.8, 4) is 5.75 Å². The predicted molar refractivity (Wildman–Crippen MR) is 106 cm³/mol. The van der Waals surface area contributed by atoms with Gasteiger partial charge in [0.05, 0.1) is 8.48 Å². The van der Waals surface area contributed by atoms with E-state index in [1.807, 2.05) is 0 Å². The van der Waals surface area contributed by atoms with Gasteiger partial charge in [0.2, 0.25) is 5.82 Å². The summed E-state index contributed by atoms with van der Waals surface area (Å²) in [6.07, 6.45) is -5.87. The molecule has 12 heteroatoms. The minimum atomic E-state index is -4.93. The Morgan fingerprint density at radius 1 is 1.33 bits per heavy atom. The summed E-state index contributed by atoms with van der Waals surface area (Å²) in [5, 5.41) is 2.25. The molecule has 1 aliphatic rings. The number of rotatable bonds is 5. The highest BCUT2D eigenvalue weighted by Gasteiger charge is 2.65. The quantitative estimate of drug-likeness (QED) is 0.646. The maximum Gasteiger partial charge on any atom is 0.417 e. The average molecular weight is 474 g/mol. The van der Waals surface area contributed by atoms with Gasteiger partial charge in [0.25, 0.3) is 11.8 Å². The van der Waals surface area contributed by atoms with Crippen molar-refractivity contribution in [3.05, 3.63) is 53.3 Å². The summed E-state index contributed by atoms with van der Waals surface area (Å²) in [5.41, 5.74) is 1.53. The molecule has 1 fully saturated rings. The van der Waals surface area contributed by atoms with E-state index < -0.39 is 58.9 Å². The number of halogens is 5. The third-order valence-corrected chi connectivity index (χ3v) is 5.79. The highest BCUT2D eigenvalue weighted by molar-refractivity contribution is 5.97. The van der Waals surface area contributed by atoms with Gasteiger partial charge in [-0.1, -0.05) is 13.0 Å². The molecule has 3 N–H and O–H groups in total. The lowest BCUT2D eigenvalue weighted by molar-refractivity contribution is -0.272. The van der Waals surface area contributed by atoms with Gasteiger partial charge in [0, 0.05) is 29.3 Å². The van der Waals surface area contributed by atoms with Gasteiger partial charge < -0.3 is 20.5 Å². The van der Waals surface area contributed by atoms with Crippen LogP contribution in [0.25, 0.3) is 0 Å². The Balaban J connectivity index is 2.10. The average Bonchev–Trinajstić information content (AvgIpc) is 3.03. The third-order valence-electron chi connectivity index (χ3n) is 5.79. The van der Waals surface area contributed by atoms with Crippen LogP contribution in [0.1, 0.15) is 37.2 Å². The van der Waals surface area contributed by atoms with Crippen molar-refractivity contribution in [2.24, 2.45) is 11.7 Å². The van der Waals surface area contributed by atoms with E-state index in [2.05, 4.69) is 10.3 Å². The summed E-state index contributed by atoms with van der Waals surface area (Å²) < 4.78 is 88.0. The Morgan fingerprint density at radius 3 is 2.58 bits per heavy atom. The lowest BCUT2D eigenvalue weighted by Gasteiger charge is -2.32. The van der Waals surface area contributed by atoms with Crippen molar-refractivity contribution in [1.29, 1.82) is 0 Å². The Bertz CT molecular complexity index is 1150. The molecule has 1 saturated heterocycles. The number of carbonyl (C=O) groups is 2. The first-order valence-electron chi connectivity index (χ1n) is 10.1. The maximum absolute atomic E-state index is 14.4. The largest absolute Gasteiger partial charge is 0.493 e. The van der Waals surface area contributed by atoms with Crippen LogP contribution in [0.15, 0.2) is 30.4 Å². The number of amides is 2. The van der Waals surface area contributed by atoms with Crippen LogP contribution in [0.2, 0.25) is 0 Å². The van der Waals surface area contributed by atoms with E-state index in [-0.39, 0.29) is 23.0 Å². The third kappa shape index (κ3) is 4.22. The minimum Gasteiger partial charge on any atom is -0.493 e. The molecule has 0 aliphatic carbocycles. The smallest absolute Gasteiger partial charge is 0.417 e. The Hall–Kier alpha value is -3.28. The normalized spacial score (nSPS) is 25.5. The summed E-state index contributed by atoms with van der Waals surface area (Å²) in [7, 11) is 1.01. The van der Waals surface area contributed by atoms with Crippen LogP contribution in [0, 0.1) is 17.6 Å². The van der Waals surface area contributed by atoms with Crippen LogP contribution in [0.3, 0.4) is 0 Å². The molecule has 2 heterocycles. The lowest BCUT2D eigenvalue weighted by Crippen LogP contribution is -2.47. The number of ether oxygens (including phenoxy) is 2. The zero-order valence-electron chi connectivity index (χ0n) is 18.6. The molecule has 4 atom stereocenters. The van der Waals surface area contributed by atoms with Gasteiger partial charge in [-0.2, -0.15) is 17.6 Å². The van der Waals surface area contributed by atoms with Gasteiger partial charge in [-0.05, 0) is 25.1 Å². The van der Waals surface area contributed by atoms with E-state index in [4.69, 9.17) is 16.6 Å². The molecule has 1 aromatic carbocycles. The maximum atomic E-state index is 14.4. The number of benzene rings is 1. The number of primary amides is 1. The highest BCUT2D eigenvalue weighted by Crippen LogP contribution is 2.55. The van der Waals surface area contributed by atoms with E-state index in [1.165, 1.54) is 6.92 Å². The van der Waals surface area contributed by atoms with Gasteiger partial charge in [0.15, 0.2) is 17.2 Å². The monoisotopic (exact) mass is 474 g/mol. The minimum absolute atomic E-state index is 0.208. The first-order chi connectivity index (χ1) is 15.7. The van der Waals surface area contributed by atoms with Gasteiger partial charge in [-0.25, -0.2) is 4.39 Å². The summed E-state index contributed by atoms with van der Waals surface area (Å²) in [5.74, 6) is -8.34. The number of hydrogen-bond acceptors (Lipinski definition) is 5. The number of carbonyl (C=O) groups excluding carboxylic acids is 2. The molecule has 178 valence electrons. The molecule has 0 saturated carbocycles. The Kier molecular flexibility index (Phi) is 5.95. The van der Waals surface area contributed by atoms with Gasteiger partial charge in [-0.3, -0.25) is 14.6 Å². The number of nitrogens with one attached hydrogen (secondary N) is 1. The van der Waals surface area contributed by atoms with Gasteiger partial charge >= 0.3 is 6.18 Å². The fourth-order valence-electron chi connectivity index (χ4n) is 3.84. The van der Waals surface area contributed by atoms with Crippen molar-refractivity contribution in [2.45, 2.75) is 37.6 Å². The standard InChI is InChI=1S/C21H20F5N3O4/c1-9-14(11-4-5-12(22)15(23)16(11)32-3)17(33-20(9,2)21(24,25)26)19(31)29-10-6-7-28-13(8-10)18(27)30/h4-9,14,17H,1-3H3,(H2,27,30)(H,28,29,31)/t9-,14+,17-,20-/m0/s1/i6D. The second kappa shape index (κ2) is 8.58. The second-order valence-corrected chi connectivity index (χ2v) is 7.64. The number of methoxy groups -OCH3 is 1. The van der Waals surface area contributed by atoms with Crippen LogP contribution in [0.5, 0.6) is 5.75 Å². The van der Waals surface area contributed by atoms with Crippen LogP contribution < -0.4 is 15.8 Å². The molecule has 2 aromatic rings. The van der Waals surface area contributed by atoms with E-state index in [0.717, 1.165) is 32.4 Å². The molecule has 0 spiro atoms. The fraction of sp³-hybridized carbons (Fsp3) is 0.381. The van der Waals surface area contributed by atoms with E-state index in [9.17, 15) is 31.5 Å². The fourth-order valence-corrected chi connectivity index (χ4v) is 3.84. The number of nitrogens with zero attached hydrogens (tertiary/aromatic N) is 1. The summed E-state index contributed by atoms with van der Waals surface area (Å²) in [6.45, 7) is 1.91. The van der Waals surface area contributed by atoms with Crippen molar-refractivity contribution in [1.82, 2.24) is 4.98 Å². The number of anilines is 1. The molecule has 0 radical (unpaired) electrons. The van der Waals surface area contributed by atoms with Gasteiger partial charge in [-0.15, -0.1) is 0 Å². The summed E-state index contributed by atoms with van der Waals surface area (Å²) >= 11 is 0. The molecule has 33 heavy (non-hydrogen) atoms. The zero-order valence-corrected chi connectivity index (χ0v) is 17.6. The summed E-state index contributed by atoms with van der Waals surface area (Å²) in [6, 6.07) is 2.36. The number of aromatic nitrogens is 1. The van der Waals surface area contributed by atoms with Gasteiger partial charge in [0.1, 0.15) is 11.8 Å². The first-order valence-corrected chi connectivity index (χ1v) is 9.56. The van der Waals surface area contributed by atoms with E-state index >= 15 is 0 Å². The Morgan fingerprint density at radius 2 is 2.00 bits per heavy atom. The van der Waals surface area contributed by atoms with Crippen molar-refractivity contribution in [3.63, 3.8) is 0 Å². The molecule has 2 amide bonds. The summed E-state index contributed by atoms with van der Waals surface area (Å²) in [4.78, 5) is 28.1.